The molecule has 5 rings (SSSR count). The Bertz CT molecular complexity index is 1480. The van der Waals surface area contributed by atoms with E-state index in [2.05, 4.69) is 10.6 Å². The molecule has 0 bridgehead atoms. The molecular formula is C29H28N3O7-. The van der Waals surface area contributed by atoms with Gasteiger partial charge in [0.25, 0.3) is 5.69 Å². The summed E-state index contributed by atoms with van der Waals surface area (Å²) in [5.74, 6) is 0.0162. The standard InChI is InChI=1S/C29H29N3O7/c1-4-39-26-15-18(12-22(29(26)34)32(35)36)28-27-21(30-19-7-5-6-8-20(19)31-28)11-17(13-23(27)33)16-9-10-24(37-2)25(14-16)38-3/h5-10,12,14-15,17,28,30-31,34H,4,11,13H2,1-3H3/p-1/t17-,28+/m1/s1. The third-order valence-electron chi connectivity index (χ3n) is 7.08. The number of allylic oxidation sites excluding steroid dienone is 1. The highest BCUT2D eigenvalue weighted by molar-refractivity contribution is 6.01. The van der Waals surface area contributed by atoms with Crippen LogP contribution in [0.15, 0.2) is 65.9 Å². The van der Waals surface area contributed by atoms with Gasteiger partial charge < -0.3 is 30.0 Å². The Labute approximate surface area is 225 Å². The lowest BCUT2D eigenvalue weighted by Gasteiger charge is -2.30. The van der Waals surface area contributed by atoms with Crippen LogP contribution in [0.25, 0.3) is 0 Å². The zero-order chi connectivity index (χ0) is 27.7. The number of rotatable bonds is 7. The molecular weight excluding hydrogens is 502 g/mol. The molecule has 3 aromatic rings. The molecule has 0 aromatic heterocycles. The van der Waals surface area contributed by atoms with Crippen molar-refractivity contribution in [2.45, 2.75) is 31.7 Å². The number of fused-ring (bicyclic) bond motifs is 1. The van der Waals surface area contributed by atoms with E-state index in [0.29, 0.717) is 34.8 Å². The van der Waals surface area contributed by atoms with Crippen molar-refractivity contribution < 1.29 is 29.0 Å². The molecule has 10 nitrogen and oxygen atoms in total. The maximum atomic E-state index is 13.9. The van der Waals surface area contributed by atoms with E-state index in [1.807, 2.05) is 42.5 Å². The van der Waals surface area contributed by atoms with Gasteiger partial charge in [-0.2, -0.15) is 0 Å². The van der Waals surface area contributed by atoms with E-state index in [9.17, 15) is 20.0 Å². The van der Waals surface area contributed by atoms with E-state index in [-0.39, 0.29) is 30.5 Å². The number of ketones is 1. The first-order chi connectivity index (χ1) is 18.8. The maximum Gasteiger partial charge on any atom is 0.265 e. The van der Waals surface area contributed by atoms with Crippen LogP contribution in [0.4, 0.5) is 17.1 Å². The smallest absolute Gasteiger partial charge is 0.265 e. The number of nitro benzene ring substituents is 1. The molecule has 3 aromatic carbocycles. The number of nitrogens with one attached hydrogen (secondary N) is 2. The van der Waals surface area contributed by atoms with Gasteiger partial charge in [-0.1, -0.05) is 18.2 Å². The van der Waals surface area contributed by atoms with Crippen LogP contribution in [0.5, 0.6) is 23.0 Å². The van der Waals surface area contributed by atoms with Crippen molar-refractivity contribution in [3.8, 4) is 23.0 Å². The Hall–Kier alpha value is -4.73. The molecule has 1 aliphatic heterocycles. The highest BCUT2D eigenvalue weighted by Crippen LogP contribution is 2.47. The van der Waals surface area contributed by atoms with Crippen LogP contribution in [0.1, 0.15) is 42.9 Å². The Morgan fingerprint density at radius 3 is 2.36 bits per heavy atom. The summed E-state index contributed by atoms with van der Waals surface area (Å²) in [5, 5.41) is 31.2. The van der Waals surface area contributed by atoms with Crippen LogP contribution >= 0.6 is 0 Å². The lowest BCUT2D eigenvalue weighted by atomic mass is 9.78. The van der Waals surface area contributed by atoms with Crippen molar-refractivity contribution in [1.29, 1.82) is 0 Å². The summed E-state index contributed by atoms with van der Waals surface area (Å²) in [7, 11) is 3.14. The second-order valence-corrected chi connectivity index (χ2v) is 9.34. The summed E-state index contributed by atoms with van der Waals surface area (Å²) in [4.78, 5) is 24.9. The predicted octanol–water partition coefficient (Wildman–Crippen LogP) is 5.06. The summed E-state index contributed by atoms with van der Waals surface area (Å²) in [6, 6.07) is 15.1. The van der Waals surface area contributed by atoms with E-state index in [1.165, 1.54) is 12.1 Å². The zero-order valence-corrected chi connectivity index (χ0v) is 21.8. The zero-order valence-electron chi connectivity index (χ0n) is 21.8. The third-order valence-corrected chi connectivity index (χ3v) is 7.08. The molecule has 2 aliphatic rings. The van der Waals surface area contributed by atoms with Crippen molar-refractivity contribution >= 4 is 22.8 Å². The van der Waals surface area contributed by atoms with Crippen molar-refractivity contribution in [2.75, 3.05) is 31.5 Å². The fourth-order valence-electron chi connectivity index (χ4n) is 5.26. The number of nitro groups is 1. The van der Waals surface area contributed by atoms with Gasteiger partial charge in [-0.05, 0) is 60.7 Å². The minimum Gasteiger partial charge on any atom is -0.865 e. The Balaban J connectivity index is 1.63. The lowest BCUT2D eigenvalue weighted by Crippen LogP contribution is -2.27. The van der Waals surface area contributed by atoms with Gasteiger partial charge in [0.05, 0.1) is 43.2 Å². The van der Waals surface area contributed by atoms with Gasteiger partial charge in [-0.25, -0.2) is 0 Å². The number of hydrogen-bond acceptors (Lipinski definition) is 9. The number of methoxy groups -OCH3 is 2. The summed E-state index contributed by atoms with van der Waals surface area (Å²) >= 11 is 0. The van der Waals surface area contributed by atoms with Crippen LogP contribution in [-0.2, 0) is 4.79 Å². The molecule has 1 heterocycles. The predicted molar refractivity (Wildman–Crippen MR) is 144 cm³/mol. The first-order valence-corrected chi connectivity index (χ1v) is 12.6. The monoisotopic (exact) mass is 530 g/mol. The fourth-order valence-corrected chi connectivity index (χ4v) is 5.26. The molecule has 0 spiro atoms. The first-order valence-electron chi connectivity index (χ1n) is 12.6. The highest BCUT2D eigenvalue weighted by atomic mass is 16.6. The van der Waals surface area contributed by atoms with E-state index in [0.717, 1.165) is 16.9 Å². The number of para-hydroxylation sites is 2. The molecule has 202 valence electrons. The van der Waals surface area contributed by atoms with Crippen LogP contribution in [0.3, 0.4) is 0 Å². The Morgan fingerprint density at radius 1 is 0.949 bits per heavy atom. The topological polar surface area (TPSA) is 135 Å². The Kier molecular flexibility index (Phi) is 7.02. The average Bonchev–Trinajstić information content (AvgIpc) is 3.10. The first kappa shape index (κ1) is 25.9. The number of hydrogen-bond donors (Lipinski definition) is 2. The normalized spacial score (nSPS) is 18.2. The molecule has 0 radical (unpaired) electrons. The third kappa shape index (κ3) is 4.81. The number of nitrogens with zero attached hydrogens (tertiary/aromatic N) is 1. The second kappa shape index (κ2) is 10.6. The summed E-state index contributed by atoms with van der Waals surface area (Å²) in [6.45, 7) is 1.86. The van der Waals surface area contributed by atoms with E-state index in [1.54, 1.807) is 21.1 Å². The number of ether oxygens (including phenoxy) is 3. The molecule has 1 aliphatic carbocycles. The number of carbonyl (C=O) groups is 1. The minimum absolute atomic E-state index is 0.111. The number of carbonyl (C=O) groups excluding carboxylic acids is 1. The lowest BCUT2D eigenvalue weighted by molar-refractivity contribution is -0.398. The molecule has 0 unspecified atom stereocenters. The van der Waals surface area contributed by atoms with E-state index >= 15 is 0 Å². The molecule has 0 fully saturated rings. The van der Waals surface area contributed by atoms with Gasteiger partial charge in [0, 0.05) is 29.5 Å². The fraction of sp³-hybridized carbons (Fsp3) is 0.276. The minimum atomic E-state index is -0.796. The average molecular weight is 531 g/mol. The molecule has 0 saturated heterocycles. The van der Waals surface area contributed by atoms with Crippen LogP contribution < -0.4 is 30.0 Å². The van der Waals surface area contributed by atoms with Crippen molar-refractivity contribution in [2.24, 2.45) is 0 Å². The van der Waals surface area contributed by atoms with Gasteiger partial charge in [0.2, 0.25) is 0 Å². The number of anilines is 2. The number of benzene rings is 3. The van der Waals surface area contributed by atoms with Gasteiger partial charge in [0.15, 0.2) is 17.3 Å². The molecule has 10 heteroatoms. The summed E-state index contributed by atoms with van der Waals surface area (Å²) < 4.78 is 16.3. The SMILES string of the molecule is CCOc1cc([C@@H]2Nc3ccccc3NC3=C2C(=O)C[C@H](c2ccc(OC)c(OC)c2)C3)cc([N+](=O)[O-])c1[O-]. The molecule has 2 atom stereocenters. The Morgan fingerprint density at radius 2 is 1.67 bits per heavy atom. The largest absolute Gasteiger partial charge is 0.865 e. The van der Waals surface area contributed by atoms with Crippen LogP contribution in [0.2, 0.25) is 0 Å². The summed E-state index contributed by atoms with van der Waals surface area (Å²) in [6.07, 6.45) is 0.744. The van der Waals surface area contributed by atoms with Crippen molar-refractivity contribution in [3.63, 3.8) is 0 Å². The maximum absolute atomic E-state index is 13.9. The van der Waals surface area contributed by atoms with E-state index in [4.69, 9.17) is 14.2 Å². The molecule has 0 saturated carbocycles. The quantitative estimate of drug-likeness (QED) is 0.317. The van der Waals surface area contributed by atoms with Crippen molar-refractivity contribution in [3.05, 3.63) is 87.1 Å². The number of Topliss-reactive ketones (excluding diaryl/α,β-unsaturated/α-hetero) is 1. The van der Waals surface area contributed by atoms with Gasteiger partial charge in [0.1, 0.15) is 5.75 Å². The van der Waals surface area contributed by atoms with Crippen LogP contribution in [0, 0.1) is 10.1 Å². The second-order valence-electron chi connectivity index (χ2n) is 9.34. The van der Waals surface area contributed by atoms with Crippen molar-refractivity contribution in [1.82, 2.24) is 0 Å². The van der Waals surface area contributed by atoms with Gasteiger partial charge in [-0.15, -0.1) is 0 Å². The van der Waals surface area contributed by atoms with Gasteiger partial charge >= 0.3 is 0 Å². The van der Waals surface area contributed by atoms with Crippen LogP contribution in [-0.4, -0.2) is 31.5 Å². The van der Waals surface area contributed by atoms with Gasteiger partial charge in [-0.3, -0.25) is 14.9 Å². The highest BCUT2D eigenvalue weighted by Gasteiger charge is 2.37. The molecule has 39 heavy (non-hydrogen) atoms. The molecule has 2 N–H and O–H groups in total. The molecule has 0 amide bonds. The van der Waals surface area contributed by atoms with E-state index < -0.39 is 22.4 Å². The summed E-state index contributed by atoms with van der Waals surface area (Å²) in [5.41, 5.74) is 3.40.